The van der Waals surface area contributed by atoms with Crippen LogP contribution in [0.25, 0.3) is 5.82 Å². The Morgan fingerprint density at radius 2 is 1.90 bits per heavy atom. The molecular weight excluding hydrogens is 360 g/mol. The number of nitrogens with zero attached hydrogens (tertiary/aromatic N) is 5. The van der Waals surface area contributed by atoms with Gasteiger partial charge < -0.3 is 10.2 Å². The van der Waals surface area contributed by atoms with Gasteiger partial charge in [0.15, 0.2) is 11.8 Å². The minimum absolute atomic E-state index is 0.716. The summed E-state index contributed by atoms with van der Waals surface area (Å²) in [5, 5.41) is 7.76. The smallest absolute Gasteiger partial charge is 0.193 e. The highest BCUT2D eigenvalue weighted by Crippen LogP contribution is 2.21. The summed E-state index contributed by atoms with van der Waals surface area (Å²) < 4.78 is 1.77. The van der Waals surface area contributed by atoms with E-state index in [1.165, 1.54) is 24.8 Å². The maximum Gasteiger partial charge on any atom is 0.193 e. The van der Waals surface area contributed by atoms with E-state index in [0.29, 0.717) is 6.54 Å². The number of benzene rings is 1. The molecule has 0 atom stereocenters. The van der Waals surface area contributed by atoms with Crippen molar-refractivity contribution < 1.29 is 0 Å². The highest BCUT2D eigenvalue weighted by atomic mass is 15.3. The fourth-order valence-electron chi connectivity index (χ4n) is 3.91. The minimum Gasteiger partial charge on any atom is -0.352 e. The molecule has 0 bridgehead atoms. The largest absolute Gasteiger partial charge is 0.352 e. The van der Waals surface area contributed by atoms with E-state index in [2.05, 4.69) is 61.7 Å². The molecule has 0 saturated carbocycles. The molecule has 1 aliphatic heterocycles. The van der Waals surface area contributed by atoms with Crippen LogP contribution in [0.1, 0.15) is 24.0 Å². The first kappa shape index (κ1) is 19.2. The molecule has 1 fully saturated rings. The minimum atomic E-state index is 0.716. The number of rotatable bonds is 5. The lowest BCUT2D eigenvalue weighted by Gasteiger charge is -2.34. The van der Waals surface area contributed by atoms with Crippen LogP contribution in [0.3, 0.4) is 0 Å². The van der Waals surface area contributed by atoms with E-state index in [4.69, 9.17) is 0 Å². The van der Waals surface area contributed by atoms with Crippen LogP contribution in [0.5, 0.6) is 0 Å². The Balaban J connectivity index is 1.30. The molecular formula is C23H28N6. The van der Waals surface area contributed by atoms with E-state index >= 15 is 0 Å². The number of aliphatic imine (C=N–C) groups is 1. The summed E-state index contributed by atoms with van der Waals surface area (Å²) >= 11 is 0. The van der Waals surface area contributed by atoms with Crippen LogP contribution < -0.4 is 5.32 Å². The van der Waals surface area contributed by atoms with Crippen LogP contribution >= 0.6 is 0 Å². The summed E-state index contributed by atoms with van der Waals surface area (Å²) in [6.45, 7) is 2.81. The number of hydrogen-bond donors (Lipinski definition) is 1. The molecule has 2 aromatic heterocycles. The third-order valence-corrected chi connectivity index (χ3v) is 5.49. The molecule has 1 saturated heterocycles. The summed E-state index contributed by atoms with van der Waals surface area (Å²) in [4.78, 5) is 11.3. The highest BCUT2D eigenvalue weighted by molar-refractivity contribution is 5.79. The van der Waals surface area contributed by atoms with Gasteiger partial charge in [0, 0.05) is 45.3 Å². The second-order valence-corrected chi connectivity index (χ2v) is 7.49. The molecule has 150 valence electrons. The van der Waals surface area contributed by atoms with Crippen molar-refractivity contribution in [2.24, 2.45) is 10.9 Å². The SMILES string of the molecule is CN=C(NCc1ccnc(-n2cccn2)c1)N1CCC(Cc2ccccc2)CC1. The fourth-order valence-corrected chi connectivity index (χ4v) is 3.91. The molecule has 3 aromatic rings. The van der Waals surface area contributed by atoms with E-state index in [-0.39, 0.29) is 0 Å². The molecule has 6 heteroatoms. The Kier molecular flexibility index (Phi) is 6.19. The quantitative estimate of drug-likeness (QED) is 0.538. The Morgan fingerprint density at radius 3 is 2.62 bits per heavy atom. The van der Waals surface area contributed by atoms with Gasteiger partial charge in [0.25, 0.3) is 0 Å². The standard InChI is InChI=1S/C23H28N6/c1-24-23(26-18-21-8-12-25-22(17-21)29-13-5-11-27-29)28-14-9-20(10-15-28)16-19-6-3-2-4-7-19/h2-8,11-13,17,20H,9-10,14-16,18H2,1H3,(H,24,26). The van der Waals surface area contributed by atoms with Gasteiger partial charge in [-0.15, -0.1) is 0 Å². The van der Waals surface area contributed by atoms with E-state index in [1.807, 2.05) is 31.6 Å². The lowest BCUT2D eigenvalue weighted by atomic mass is 9.90. The Bertz CT molecular complexity index is 912. The van der Waals surface area contributed by atoms with Crippen molar-refractivity contribution in [1.82, 2.24) is 25.0 Å². The normalized spacial score (nSPS) is 15.5. The molecule has 4 rings (SSSR count). The number of nitrogens with one attached hydrogen (secondary N) is 1. The summed E-state index contributed by atoms with van der Waals surface area (Å²) in [5.41, 5.74) is 2.60. The molecule has 3 heterocycles. The molecule has 0 spiro atoms. The molecule has 0 radical (unpaired) electrons. The summed E-state index contributed by atoms with van der Waals surface area (Å²) in [6, 6.07) is 16.8. The van der Waals surface area contributed by atoms with Crippen molar-refractivity contribution in [1.29, 1.82) is 0 Å². The average Bonchev–Trinajstić information content (AvgIpc) is 3.31. The predicted molar refractivity (Wildman–Crippen MR) is 116 cm³/mol. The zero-order valence-electron chi connectivity index (χ0n) is 16.9. The molecule has 0 unspecified atom stereocenters. The van der Waals surface area contributed by atoms with Crippen LogP contribution in [-0.2, 0) is 13.0 Å². The molecule has 1 aliphatic rings. The van der Waals surface area contributed by atoms with Crippen molar-refractivity contribution in [3.63, 3.8) is 0 Å². The van der Waals surface area contributed by atoms with Crippen molar-refractivity contribution >= 4 is 5.96 Å². The molecule has 29 heavy (non-hydrogen) atoms. The maximum absolute atomic E-state index is 4.51. The topological polar surface area (TPSA) is 58.3 Å². The number of piperidine rings is 1. The van der Waals surface area contributed by atoms with Gasteiger partial charge in [0.05, 0.1) is 0 Å². The highest BCUT2D eigenvalue weighted by Gasteiger charge is 2.21. The van der Waals surface area contributed by atoms with Gasteiger partial charge in [0.2, 0.25) is 0 Å². The number of pyridine rings is 1. The van der Waals surface area contributed by atoms with Crippen LogP contribution in [0.4, 0.5) is 0 Å². The first-order valence-corrected chi connectivity index (χ1v) is 10.3. The maximum atomic E-state index is 4.51. The summed E-state index contributed by atoms with van der Waals surface area (Å²) in [5.74, 6) is 2.55. The molecule has 0 aliphatic carbocycles. The third-order valence-electron chi connectivity index (χ3n) is 5.49. The fraction of sp³-hybridized carbons (Fsp3) is 0.348. The lowest BCUT2D eigenvalue weighted by molar-refractivity contribution is 0.259. The Labute approximate surface area is 172 Å². The van der Waals surface area contributed by atoms with E-state index in [0.717, 1.165) is 36.3 Å². The predicted octanol–water partition coefficient (Wildman–Crippen LogP) is 3.30. The third kappa shape index (κ3) is 5.02. The number of guanidine groups is 1. The first-order valence-electron chi connectivity index (χ1n) is 10.3. The van der Waals surface area contributed by atoms with E-state index in [9.17, 15) is 0 Å². The number of hydrogen-bond acceptors (Lipinski definition) is 3. The zero-order chi connectivity index (χ0) is 19.9. The number of aromatic nitrogens is 3. The van der Waals surface area contributed by atoms with Gasteiger partial charge in [0.1, 0.15) is 0 Å². The average molecular weight is 389 g/mol. The van der Waals surface area contributed by atoms with Crippen LogP contribution in [0.2, 0.25) is 0 Å². The van der Waals surface area contributed by atoms with Crippen molar-refractivity contribution in [2.45, 2.75) is 25.8 Å². The van der Waals surface area contributed by atoms with Crippen molar-refractivity contribution in [3.8, 4) is 5.82 Å². The molecule has 1 N–H and O–H groups in total. The van der Waals surface area contributed by atoms with Gasteiger partial charge in [-0.05, 0) is 54.5 Å². The molecule has 0 amide bonds. The first-order chi connectivity index (χ1) is 14.3. The molecule has 6 nitrogen and oxygen atoms in total. The lowest BCUT2D eigenvalue weighted by Crippen LogP contribution is -2.45. The van der Waals surface area contributed by atoms with E-state index in [1.54, 1.807) is 10.9 Å². The summed E-state index contributed by atoms with van der Waals surface area (Å²) in [7, 11) is 1.86. The zero-order valence-corrected chi connectivity index (χ0v) is 16.9. The molecule has 1 aromatic carbocycles. The number of likely N-dealkylation sites (tertiary alicyclic amines) is 1. The Hall–Kier alpha value is -3.15. The van der Waals surface area contributed by atoms with Gasteiger partial charge in [-0.1, -0.05) is 30.3 Å². The van der Waals surface area contributed by atoms with Crippen molar-refractivity contribution in [3.05, 3.63) is 78.2 Å². The van der Waals surface area contributed by atoms with Crippen LogP contribution in [0.15, 0.2) is 72.1 Å². The van der Waals surface area contributed by atoms with Gasteiger partial charge in [-0.2, -0.15) is 5.10 Å². The van der Waals surface area contributed by atoms with Crippen LogP contribution in [-0.4, -0.2) is 45.8 Å². The summed E-state index contributed by atoms with van der Waals surface area (Å²) in [6.07, 6.45) is 9.07. The second kappa shape index (κ2) is 9.37. The van der Waals surface area contributed by atoms with Crippen molar-refractivity contribution in [2.75, 3.05) is 20.1 Å². The Morgan fingerprint density at radius 1 is 1.07 bits per heavy atom. The van der Waals surface area contributed by atoms with Gasteiger partial charge in [-0.3, -0.25) is 4.99 Å². The monoisotopic (exact) mass is 388 g/mol. The van der Waals surface area contributed by atoms with Gasteiger partial charge >= 0.3 is 0 Å². The van der Waals surface area contributed by atoms with Gasteiger partial charge in [-0.25, -0.2) is 9.67 Å². The van der Waals surface area contributed by atoms with Crippen LogP contribution in [0, 0.1) is 5.92 Å². The second-order valence-electron chi connectivity index (χ2n) is 7.49. The van der Waals surface area contributed by atoms with E-state index < -0.39 is 0 Å².